The molecule has 5 N–H and O–H groups in total. The first-order chi connectivity index (χ1) is 12.2. The van der Waals surface area contributed by atoms with Gasteiger partial charge in [0.1, 0.15) is 17.9 Å². The van der Waals surface area contributed by atoms with Crippen LogP contribution in [0.5, 0.6) is 0 Å². The second kappa shape index (κ2) is 7.45. The van der Waals surface area contributed by atoms with Crippen molar-refractivity contribution < 1.29 is 9.53 Å². The normalized spacial score (nSPS) is 11.3. The van der Waals surface area contributed by atoms with Crippen LogP contribution >= 0.6 is 0 Å². The molecule has 2 heterocycles. The van der Waals surface area contributed by atoms with Crippen LogP contribution in [0.2, 0.25) is 0 Å². The van der Waals surface area contributed by atoms with Crippen LogP contribution in [0.15, 0.2) is 24.3 Å². The molecule has 0 bridgehead atoms. The van der Waals surface area contributed by atoms with Crippen molar-refractivity contribution in [1.82, 2.24) is 19.9 Å². The van der Waals surface area contributed by atoms with Crippen molar-refractivity contribution >= 4 is 33.7 Å². The highest BCUT2D eigenvalue weighted by atomic mass is 16.5. The lowest BCUT2D eigenvalue weighted by Crippen LogP contribution is -2.32. The third-order valence-electron chi connectivity index (χ3n) is 3.97. The number of hydrogen-bond acceptors (Lipinski definition) is 6. The first kappa shape index (κ1) is 17.1. The zero-order chi connectivity index (χ0) is 17.8. The Morgan fingerprint density at radius 3 is 2.88 bits per heavy atom. The van der Waals surface area contributed by atoms with E-state index < -0.39 is 0 Å². The molecule has 2 aromatic heterocycles. The fourth-order valence-electron chi connectivity index (χ4n) is 2.83. The molecule has 25 heavy (non-hydrogen) atoms. The molecule has 0 aliphatic rings. The summed E-state index contributed by atoms with van der Waals surface area (Å²) in [6.07, 6.45) is 0. The van der Waals surface area contributed by atoms with E-state index in [2.05, 4.69) is 15.3 Å². The SMILES string of the molecule is CCOCc1nc2c(N)nc3ccccc3c2n1CCNC(=O)CN. The van der Waals surface area contributed by atoms with Gasteiger partial charge in [-0.3, -0.25) is 4.79 Å². The largest absolute Gasteiger partial charge is 0.382 e. The Balaban J connectivity index is 2.10. The molecule has 1 amide bonds. The number of amides is 1. The summed E-state index contributed by atoms with van der Waals surface area (Å²) in [7, 11) is 0. The van der Waals surface area contributed by atoms with Crippen molar-refractivity contribution in [3.05, 3.63) is 30.1 Å². The van der Waals surface area contributed by atoms with Gasteiger partial charge in [-0.05, 0) is 13.0 Å². The Bertz CT molecular complexity index is 905. The summed E-state index contributed by atoms with van der Waals surface area (Å²) in [5.74, 6) is 0.946. The molecule has 0 aliphatic carbocycles. The van der Waals surface area contributed by atoms with E-state index in [1.54, 1.807) is 0 Å². The molecule has 3 rings (SSSR count). The van der Waals surface area contributed by atoms with Crippen molar-refractivity contribution in [3.8, 4) is 0 Å². The summed E-state index contributed by atoms with van der Waals surface area (Å²) >= 11 is 0. The van der Waals surface area contributed by atoms with Gasteiger partial charge in [-0.25, -0.2) is 9.97 Å². The number of rotatable bonds is 7. The lowest BCUT2D eigenvalue weighted by atomic mass is 10.2. The monoisotopic (exact) mass is 342 g/mol. The van der Waals surface area contributed by atoms with E-state index in [-0.39, 0.29) is 12.5 Å². The maximum absolute atomic E-state index is 11.4. The molecular formula is C17H22N6O2. The van der Waals surface area contributed by atoms with Crippen molar-refractivity contribution in [1.29, 1.82) is 0 Å². The Labute approximate surface area is 145 Å². The first-order valence-corrected chi connectivity index (χ1v) is 8.23. The van der Waals surface area contributed by atoms with Crippen molar-refractivity contribution in [3.63, 3.8) is 0 Å². The second-order valence-electron chi connectivity index (χ2n) is 5.58. The highest BCUT2D eigenvalue weighted by molar-refractivity contribution is 6.06. The average molecular weight is 342 g/mol. The van der Waals surface area contributed by atoms with Gasteiger partial charge in [0.2, 0.25) is 5.91 Å². The maximum Gasteiger partial charge on any atom is 0.233 e. The highest BCUT2D eigenvalue weighted by Crippen LogP contribution is 2.28. The smallest absolute Gasteiger partial charge is 0.233 e. The fraction of sp³-hybridized carbons (Fsp3) is 0.353. The standard InChI is InChI=1S/C17H22N6O2/c1-2-25-10-13-22-15-16(23(13)8-7-20-14(24)9-18)11-5-3-4-6-12(11)21-17(15)19/h3-6H,2,7-10,18H2,1H3,(H2,19,21)(H,20,24). The van der Waals surface area contributed by atoms with Crippen LogP contribution in [-0.4, -0.2) is 40.1 Å². The van der Waals surface area contributed by atoms with E-state index in [1.807, 2.05) is 35.8 Å². The van der Waals surface area contributed by atoms with Gasteiger partial charge in [-0.15, -0.1) is 0 Å². The molecule has 0 spiro atoms. The maximum atomic E-state index is 11.4. The molecular weight excluding hydrogens is 320 g/mol. The van der Waals surface area contributed by atoms with Gasteiger partial charge in [-0.1, -0.05) is 18.2 Å². The number of para-hydroxylation sites is 1. The predicted octanol–water partition coefficient (Wildman–Crippen LogP) is 0.778. The second-order valence-corrected chi connectivity index (χ2v) is 5.58. The van der Waals surface area contributed by atoms with Gasteiger partial charge in [0.15, 0.2) is 5.82 Å². The highest BCUT2D eigenvalue weighted by Gasteiger charge is 2.17. The molecule has 8 heteroatoms. The van der Waals surface area contributed by atoms with Crippen LogP contribution in [-0.2, 0) is 22.7 Å². The summed E-state index contributed by atoms with van der Waals surface area (Å²) in [5.41, 5.74) is 13.8. The van der Waals surface area contributed by atoms with Gasteiger partial charge in [0.05, 0.1) is 17.6 Å². The zero-order valence-corrected chi connectivity index (χ0v) is 14.2. The topological polar surface area (TPSA) is 121 Å². The Hall–Kier alpha value is -2.71. The Morgan fingerprint density at radius 1 is 1.32 bits per heavy atom. The molecule has 0 saturated carbocycles. The number of aromatic nitrogens is 3. The summed E-state index contributed by atoms with van der Waals surface area (Å²) in [6.45, 7) is 3.83. The summed E-state index contributed by atoms with van der Waals surface area (Å²) in [5, 5.41) is 3.75. The van der Waals surface area contributed by atoms with Crippen molar-refractivity contribution in [2.45, 2.75) is 20.1 Å². The van der Waals surface area contributed by atoms with E-state index in [0.717, 1.165) is 22.2 Å². The minimum Gasteiger partial charge on any atom is -0.382 e. The van der Waals surface area contributed by atoms with Crippen LogP contribution in [0.4, 0.5) is 5.82 Å². The number of anilines is 1. The van der Waals surface area contributed by atoms with Crippen LogP contribution in [0.1, 0.15) is 12.7 Å². The molecule has 0 radical (unpaired) electrons. The van der Waals surface area contributed by atoms with E-state index >= 15 is 0 Å². The third-order valence-corrected chi connectivity index (χ3v) is 3.97. The number of ether oxygens (including phenoxy) is 1. The van der Waals surface area contributed by atoms with Gasteiger partial charge in [-0.2, -0.15) is 0 Å². The van der Waals surface area contributed by atoms with Crippen molar-refractivity contribution in [2.24, 2.45) is 5.73 Å². The molecule has 132 valence electrons. The number of carbonyl (C=O) groups excluding carboxylic acids is 1. The third kappa shape index (κ3) is 3.40. The zero-order valence-electron chi connectivity index (χ0n) is 14.2. The lowest BCUT2D eigenvalue weighted by Gasteiger charge is -2.11. The number of hydrogen-bond donors (Lipinski definition) is 3. The van der Waals surface area contributed by atoms with E-state index in [1.165, 1.54) is 0 Å². The number of nitrogens with one attached hydrogen (secondary N) is 1. The quantitative estimate of drug-likeness (QED) is 0.583. The first-order valence-electron chi connectivity index (χ1n) is 8.23. The number of fused-ring (bicyclic) bond motifs is 3. The number of nitrogen functional groups attached to an aromatic ring is 1. The van der Waals surface area contributed by atoms with Gasteiger partial charge < -0.3 is 26.1 Å². The summed E-state index contributed by atoms with van der Waals surface area (Å²) in [6, 6.07) is 7.78. The van der Waals surface area contributed by atoms with E-state index in [9.17, 15) is 4.79 Å². The van der Waals surface area contributed by atoms with Gasteiger partial charge >= 0.3 is 0 Å². The number of imidazole rings is 1. The molecule has 0 aliphatic heterocycles. The Kier molecular flexibility index (Phi) is 5.11. The lowest BCUT2D eigenvalue weighted by molar-refractivity contribution is -0.119. The van der Waals surface area contributed by atoms with E-state index in [4.69, 9.17) is 16.2 Å². The molecule has 1 aromatic carbocycles. The molecule has 0 saturated heterocycles. The summed E-state index contributed by atoms with van der Waals surface area (Å²) < 4.78 is 7.57. The number of benzene rings is 1. The van der Waals surface area contributed by atoms with Gasteiger partial charge in [0.25, 0.3) is 0 Å². The Morgan fingerprint density at radius 2 is 2.12 bits per heavy atom. The molecule has 8 nitrogen and oxygen atoms in total. The minimum absolute atomic E-state index is 0.0315. The minimum atomic E-state index is -0.193. The van der Waals surface area contributed by atoms with Crippen molar-refractivity contribution in [2.75, 3.05) is 25.4 Å². The van der Waals surface area contributed by atoms with Gasteiger partial charge in [0, 0.05) is 25.1 Å². The molecule has 0 unspecified atom stereocenters. The van der Waals surface area contributed by atoms with Crippen LogP contribution in [0.3, 0.4) is 0 Å². The molecule has 0 atom stereocenters. The van der Waals surface area contributed by atoms with Crippen LogP contribution in [0, 0.1) is 0 Å². The average Bonchev–Trinajstić information content (AvgIpc) is 2.99. The number of nitrogens with zero attached hydrogens (tertiary/aromatic N) is 3. The van der Waals surface area contributed by atoms with E-state index in [0.29, 0.717) is 37.6 Å². The number of carbonyl (C=O) groups is 1. The number of nitrogens with two attached hydrogens (primary N) is 2. The number of pyridine rings is 1. The summed E-state index contributed by atoms with van der Waals surface area (Å²) in [4.78, 5) is 20.5. The molecule has 0 fully saturated rings. The molecule has 3 aromatic rings. The predicted molar refractivity (Wildman–Crippen MR) is 96.8 cm³/mol. The van der Waals surface area contributed by atoms with Crippen LogP contribution in [0.25, 0.3) is 21.9 Å². The fourth-order valence-corrected chi connectivity index (χ4v) is 2.83. The van der Waals surface area contributed by atoms with Crippen LogP contribution < -0.4 is 16.8 Å².